The van der Waals surface area contributed by atoms with Gasteiger partial charge in [-0.1, -0.05) is 97.1 Å². The van der Waals surface area contributed by atoms with Gasteiger partial charge in [0.05, 0.1) is 11.2 Å². The van der Waals surface area contributed by atoms with Crippen LogP contribution < -0.4 is 16.0 Å². The minimum atomic E-state index is -0.324. The van der Waals surface area contributed by atoms with Crippen LogP contribution >= 0.6 is 0 Å². The Bertz CT molecular complexity index is 3680. The molecule has 11 rings (SSSR count). The molecular formula is C54H34N2O5. The first-order chi connectivity index (χ1) is 29.8. The van der Waals surface area contributed by atoms with Crippen LogP contribution in [0.3, 0.4) is 0 Å². The molecule has 1 amide bonds. The van der Waals surface area contributed by atoms with E-state index in [1.165, 1.54) is 4.40 Å². The quantitative estimate of drug-likeness (QED) is 0.0911. The third-order valence-electron chi connectivity index (χ3n) is 12.2. The molecule has 0 N–H and O–H groups in total. The third kappa shape index (κ3) is 5.44. The molecule has 3 heterocycles. The minimum absolute atomic E-state index is 0.324. The largest absolute Gasteiger partial charge is 0.456 e. The molecule has 0 spiro atoms. The monoisotopic (exact) mass is 790 g/mol. The molecule has 61 heavy (non-hydrogen) atoms. The number of carbonyl (C=O) groups excluding carboxylic acids is 2. The van der Waals surface area contributed by atoms with E-state index in [4.69, 9.17) is 4.42 Å². The van der Waals surface area contributed by atoms with Gasteiger partial charge in [0, 0.05) is 56.1 Å². The summed E-state index contributed by atoms with van der Waals surface area (Å²) < 4.78 is 7.78. The summed E-state index contributed by atoms with van der Waals surface area (Å²) in [6.07, 6.45) is 1.65. The predicted octanol–water partition coefficient (Wildman–Crippen LogP) is 11.8. The third-order valence-corrected chi connectivity index (χ3v) is 12.2. The van der Waals surface area contributed by atoms with Gasteiger partial charge >= 0.3 is 0 Å². The van der Waals surface area contributed by atoms with Gasteiger partial charge in [-0.15, -0.1) is 0 Å². The summed E-state index contributed by atoms with van der Waals surface area (Å²) >= 11 is 0. The van der Waals surface area contributed by atoms with Crippen LogP contribution in [-0.2, 0) is 4.79 Å². The Morgan fingerprint density at radius 3 is 1.51 bits per heavy atom. The first kappa shape index (κ1) is 36.0. The van der Waals surface area contributed by atoms with Gasteiger partial charge in [-0.05, 0) is 117 Å². The normalized spacial score (nSPS) is 11.7. The van der Waals surface area contributed by atoms with Crippen molar-refractivity contribution in [3.63, 3.8) is 0 Å². The molecule has 0 aliphatic heterocycles. The topological polar surface area (TPSA) is 89.1 Å². The number of anilines is 1. The Balaban J connectivity index is 1.15. The first-order valence-corrected chi connectivity index (χ1v) is 20.0. The zero-order chi connectivity index (χ0) is 41.5. The summed E-state index contributed by atoms with van der Waals surface area (Å²) in [6, 6.07) is 51.2. The number of pyridine rings is 2. The number of benzene rings is 8. The summed E-state index contributed by atoms with van der Waals surface area (Å²) in [5.41, 5.74) is 10.7. The van der Waals surface area contributed by atoms with Crippen LogP contribution in [0.25, 0.3) is 104 Å². The highest BCUT2D eigenvalue weighted by atomic mass is 16.3. The number of fused-ring (bicyclic) bond motifs is 7. The molecule has 8 aromatic carbocycles. The molecule has 0 fully saturated rings. The van der Waals surface area contributed by atoms with E-state index >= 15 is 0 Å². The van der Waals surface area contributed by atoms with Crippen molar-refractivity contribution in [2.45, 2.75) is 6.92 Å². The van der Waals surface area contributed by atoms with E-state index in [2.05, 4.69) is 55.5 Å². The summed E-state index contributed by atoms with van der Waals surface area (Å²) in [5.74, 6) is 0. The smallest absolute Gasteiger partial charge is 0.266 e. The van der Waals surface area contributed by atoms with Gasteiger partial charge in [0.15, 0.2) is 6.29 Å². The van der Waals surface area contributed by atoms with Crippen molar-refractivity contribution in [3.05, 3.63) is 190 Å². The fourth-order valence-corrected chi connectivity index (χ4v) is 9.30. The summed E-state index contributed by atoms with van der Waals surface area (Å²) in [7, 11) is 1.74. The molecule has 11 aromatic rings. The lowest BCUT2D eigenvalue weighted by Crippen LogP contribution is -2.27. The van der Waals surface area contributed by atoms with Crippen molar-refractivity contribution < 1.29 is 14.0 Å². The summed E-state index contributed by atoms with van der Waals surface area (Å²) in [4.78, 5) is 54.3. The van der Waals surface area contributed by atoms with Gasteiger partial charge in [0.25, 0.3) is 11.1 Å². The minimum Gasteiger partial charge on any atom is -0.456 e. The second kappa shape index (κ2) is 13.7. The summed E-state index contributed by atoms with van der Waals surface area (Å²) in [5, 5.41) is 6.06. The molecule has 0 aliphatic rings. The Morgan fingerprint density at radius 1 is 0.475 bits per heavy atom. The van der Waals surface area contributed by atoms with Crippen molar-refractivity contribution >= 4 is 78.2 Å². The zero-order valence-corrected chi connectivity index (χ0v) is 33.1. The standard InChI is InChI=1S/C54H34N2O5/c1-31-11-3-5-13-37(31)45-25-35(26-46(51(45)55(2)30-58)38-14-6-4-12-34(38)29-57)32-19-21-49-43(23-32)44-24-33(20-22-50(44)61-49)36-27-47-39-15-7-9-17-41(39)53(59)56-52(47)48(28-36)40-16-8-10-18-42(40)54(56)60/h3-30H,1-2H3. The number of aryl methyl sites for hydroxylation is 1. The lowest BCUT2D eigenvalue weighted by Gasteiger charge is -2.24. The van der Waals surface area contributed by atoms with E-state index in [0.717, 1.165) is 106 Å². The number of hydrogen-bond acceptors (Lipinski definition) is 5. The highest BCUT2D eigenvalue weighted by molar-refractivity contribution is 6.20. The van der Waals surface area contributed by atoms with Crippen LogP contribution in [0.1, 0.15) is 15.9 Å². The number of carbonyl (C=O) groups is 2. The molecule has 0 atom stereocenters. The van der Waals surface area contributed by atoms with Crippen molar-refractivity contribution in [2.75, 3.05) is 11.9 Å². The van der Waals surface area contributed by atoms with Gasteiger partial charge in [0.1, 0.15) is 11.2 Å². The Hall–Kier alpha value is -8.16. The van der Waals surface area contributed by atoms with Crippen LogP contribution in [0.2, 0.25) is 0 Å². The van der Waals surface area contributed by atoms with Crippen molar-refractivity contribution in [2.24, 2.45) is 0 Å². The molecule has 290 valence electrons. The van der Waals surface area contributed by atoms with Crippen molar-refractivity contribution in [1.29, 1.82) is 0 Å². The van der Waals surface area contributed by atoms with Gasteiger partial charge < -0.3 is 9.32 Å². The average Bonchev–Trinajstić information content (AvgIpc) is 3.68. The maximum atomic E-state index is 13.9. The fraction of sp³-hybridized carbons (Fsp3) is 0.0370. The molecule has 7 heteroatoms. The van der Waals surface area contributed by atoms with Crippen molar-refractivity contribution in [1.82, 2.24) is 4.40 Å². The molecule has 0 unspecified atom stereocenters. The molecule has 0 saturated heterocycles. The van der Waals surface area contributed by atoms with E-state index in [9.17, 15) is 19.2 Å². The number of furan rings is 1. The molecule has 0 radical (unpaired) electrons. The lowest BCUT2D eigenvalue weighted by atomic mass is 9.87. The molecular weight excluding hydrogens is 757 g/mol. The number of aldehydes is 1. The molecule has 0 aliphatic carbocycles. The number of rotatable bonds is 7. The second-order valence-electron chi connectivity index (χ2n) is 15.6. The number of aromatic nitrogens is 1. The Labute approximate surface area is 348 Å². The Morgan fingerprint density at radius 2 is 0.951 bits per heavy atom. The SMILES string of the molecule is Cc1ccccc1-c1cc(-c2ccc3oc4ccc(-c5cc6c7ccccc7c(=O)n7c(=O)c8ccccc8c(c5)c67)cc4c3c2)cc(-c2ccccc2C=O)c1N(C)C=O. The number of amides is 1. The lowest BCUT2D eigenvalue weighted by molar-refractivity contribution is -0.107. The summed E-state index contributed by atoms with van der Waals surface area (Å²) in [6.45, 7) is 2.05. The predicted molar refractivity (Wildman–Crippen MR) is 247 cm³/mol. The maximum Gasteiger partial charge on any atom is 0.266 e. The van der Waals surface area contributed by atoms with Crippen molar-refractivity contribution in [3.8, 4) is 44.5 Å². The number of nitrogens with zero attached hydrogens (tertiary/aromatic N) is 2. The highest BCUT2D eigenvalue weighted by Gasteiger charge is 2.22. The van der Waals surface area contributed by atoms with E-state index in [-0.39, 0.29) is 11.1 Å². The molecule has 7 nitrogen and oxygen atoms in total. The molecule has 0 saturated carbocycles. The molecule has 0 bridgehead atoms. The van der Waals surface area contributed by atoms with Crippen LogP contribution in [0, 0.1) is 6.92 Å². The van der Waals surface area contributed by atoms with Gasteiger partial charge in [-0.3, -0.25) is 19.2 Å². The highest BCUT2D eigenvalue weighted by Crippen LogP contribution is 2.45. The van der Waals surface area contributed by atoms with Gasteiger partial charge in [-0.25, -0.2) is 4.40 Å². The Kier molecular flexibility index (Phi) is 8.09. The maximum absolute atomic E-state index is 13.9. The van der Waals surface area contributed by atoms with Gasteiger partial charge in [-0.2, -0.15) is 0 Å². The second-order valence-corrected chi connectivity index (χ2v) is 15.6. The van der Waals surface area contributed by atoms with Crippen LogP contribution in [0.5, 0.6) is 0 Å². The van der Waals surface area contributed by atoms with Crippen LogP contribution in [0.4, 0.5) is 5.69 Å². The van der Waals surface area contributed by atoms with E-state index in [0.29, 0.717) is 27.5 Å². The number of hydrogen-bond donors (Lipinski definition) is 0. The van der Waals surface area contributed by atoms with E-state index in [1.54, 1.807) is 30.1 Å². The van der Waals surface area contributed by atoms with Gasteiger partial charge in [0.2, 0.25) is 6.41 Å². The first-order valence-electron chi connectivity index (χ1n) is 20.0. The zero-order valence-electron chi connectivity index (χ0n) is 33.1. The van der Waals surface area contributed by atoms with E-state index < -0.39 is 0 Å². The molecule has 3 aromatic heterocycles. The average molecular weight is 791 g/mol. The van der Waals surface area contributed by atoms with Crippen LogP contribution in [0.15, 0.2) is 172 Å². The van der Waals surface area contributed by atoms with E-state index in [1.807, 2.05) is 91.0 Å². The van der Waals surface area contributed by atoms with Crippen LogP contribution in [-0.4, -0.2) is 24.1 Å². The fourth-order valence-electron chi connectivity index (χ4n) is 9.30.